The third-order valence-corrected chi connectivity index (χ3v) is 1.80. The second-order valence-corrected chi connectivity index (χ2v) is 2.88. The van der Waals surface area contributed by atoms with Gasteiger partial charge in [0.1, 0.15) is 11.6 Å². The molecule has 0 aromatic heterocycles. The van der Waals surface area contributed by atoms with Crippen molar-refractivity contribution in [1.82, 2.24) is 0 Å². The number of halogens is 1. The second-order valence-electron chi connectivity index (χ2n) is 2.88. The molecule has 5 heteroatoms. The molecule has 0 radical (unpaired) electrons. The van der Waals surface area contributed by atoms with Gasteiger partial charge in [-0.15, -0.1) is 0 Å². The Bertz CT molecular complexity index is 451. The molecule has 84 valence electrons. The fraction of sp³-hybridized carbons (Fsp3) is 0.0909. The summed E-state index contributed by atoms with van der Waals surface area (Å²) >= 11 is 0. The SMILES string of the molecule is COc1ccc(F)cc1C(=O)/C=C/C(=O)O. The van der Waals surface area contributed by atoms with E-state index in [-0.39, 0.29) is 11.3 Å². The van der Waals surface area contributed by atoms with Crippen LogP contribution in [0.3, 0.4) is 0 Å². The first-order valence-electron chi connectivity index (χ1n) is 4.33. The van der Waals surface area contributed by atoms with Crippen LogP contribution in [0.4, 0.5) is 4.39 Å². The van der Waals surface area contributed by atoms with E-state index in [2.05, 4.69) is 0 Å². The van der Waals surface area contributed by atoms with Crippen molar-refractivity contribution in [2.24, 2.45) is 0 Å². The molecule has 0 saturated heterocycles. The monoisotopic (exact) mass is 224 g/mol. The first-order valence-corrected chi connectivity index (χ1v) is 4.33. The normalized spacial score (nSPS) is 10.4. The molecule has 16 heavy (non-hydrogen) atoms. The number of benzene rings is 1. The van der Waals surface area contributed by atoms with Gasteiger partial charge in [0, 0.05) is 6.08 Å². The van der Waals surface area contributed by atoms with Crippen LogP contribution >= 0.6 is 0 Å². The van der Waals surface area contributed by atoms with Gasteiger partial charge in [0.15, 0.2) is 5.78 Å². The molecule has 0 unspecified atom stereocenters. The lowest BCUT2D eigenvalue weighted by Crippen LogP contribution is -2.01. The zero-order valence-electron chi connectivity index (χ0n) is 8.44. The maximum atomic E-state index is 12.9. The molecule has 0 aliphatic carbocycles. The molecule has 0 saturated carbocycles. The summed E-state index contributed by atoms with van der Waals surface area (Å²) in [4.78, 5) is 21.7. The Morgan fingerprint density at radius 3 is 2.62 bits per heavy atom. The van der Waals surface area contributed by atoms with Gasteiger partial charge in [-0.1, -0.05) is 0 Å². The summed E-state index contributed by atoms with van der Waals surface area (Å²) in [5, 5.41) is 8.35. The summed E-state index contributed by atoms with van der Waals surface area (Å²) in [7, 11) is 1.34. The van der Waals surface area contributed by atoms with Gasteiger partial charge in [-0.3, -0.25) is 4.79 Å². The van der Waals surface area contributed by atoms with Crippen LogP contribution in [-0.4, -0.2) is 24.0 Å². The molecular formula is C11H9FO4. The number of hydrogen-bond acceptors (Lipinski definition) is 3. The molecule has 0 atom stereocenters. The van der Waals surface area contributed by atoms with E-state index >= 15 is 0 Å². The molecule has 1 rings (SSSR count). The van der Waals surface area contributed by atoms with Gasteiger partial charge < -0.3 is 9.84 Å². The predicted molar refractivity (Wildman–Crippen MR) is 54.1 cm³/mol. The molecule has 0 fully saturated rings. The summed E-state index contributed by atoms with van der Waals surface area (Å²) in [5.74, 6) is -2.27. The highest BCUT2D eigenvalue weighted by Crippen LogP contribution is 2.20. The summed E-state index contributed by atoms with van der Waals surface area (Å²) in [5.41, 5.74) is -0.0139. The van der Waals surface area contributed by atoms with Gasteiger partial charge in [-0.25, -0.2) is 9.18 Å². The van der Waals surface area contributed by atoms with Crippen LogP contribution in [0.2, 0.25) is 0 Å². The Morgan fingerprint density at radius 2 is 2.06 bits per heavy atom. The molecule has 4 nitrogen and oxygen atoms in total. The highest BCUT2D eigenvalue weighted by Gasteiger charge is 2.10. The average molecular weight is 224 g/mol. The van der Waals surface area contributed by atoms with Crippen LogP contribution in [0, 0.1) is 5.82 Å². The number of allylic oxidation sites excluding steroid dienone is 1. The van der Waals surface area contributed by atoms with Gasteiger partial charge in [0.25, 0.3) is 0 Å². The van der Waals surface area contributed by atoms with Gasteiger partial charge in [-0.05, 0) is 24.3 Å². The quantitative estimate of drug-likeness (QED) is 0.624. The highest BCUT2D eigenvalue weighted by atomic mass is 19.1. The van der Waals surface area contributed by atoms with Crippen molar-refractivity contribution >= 4 is 11.8 Å². The van der Waals surface area contributed by atoms with Crippen molar-refractivity contribution in [2.45, 2.75) is 0 Å². The topological polar surface area (TPSA) is 63.6 Å². The van der Waals surface area contributed by atoms with E-state index in [1.165, 1.54) is 13.2 Å². The van der Waals surface area contributed by atoms with E-state index in [9.17, 15) is 14.0 Å². The van der Waals surface area contributed by atoms with Crippen molar-refractivity contribution in [3.63, 3.8) is 0 Å². The lowest BCUT2D eigenvalue weighted by molar-refractivity contribution is -0.131. The predicted octanol–water partition coefficient (Wildman–Crippen LogP) is 1.66. The maximum absolute atomic E-state index is 12.9. The Kier molecular flexibility index (Phi) is 3.77. The fourth-order valence-electron chi connectivity index (χ4n) is 1.11. The van der Waals surface area contributed by atoms with Crippen LogP contribution in [0.5, 0.6) is 5.75 Å². The number of ether oxygens (including phenoxy) is 1. The van der Waals surface area contributed by atoms with Crippen molar-refractivity contribution in [3.05, 3.63) is 41.7 Å². The van der Waals surface area contributed by atoms with E-state index in [0.29, 0.717) is 6.08 Å². The number of carboxylic acid groups (broad SMARTS) is 1. The van der Waals surface area contributed by atoms with Gasteiger partial charge in [-0.2, -0.15) is 0 Å². The van der Waals surface area contributed by atoms with Crippen LogP contribution in [0.1, 0.15) is 10.4 Å². The van der Waals surface area contributed by atoms with Crippen molar-refractivity contribution < 1.29 is 23.8 Å². The van der Waals surface area contributed by atoms with Crippen molar-refractivity contribution in [1.29, 1.82) is 0 Å². The number of hydrogen-bond donors (Lipinski definition) is 1. The van der Waals surface area contributed by atoms with Gasteiger partial charge in [0.2, 0.25) is 0 Å². The Balaban J connectivity index is 3.06. The molecule has 0 spiro atoms. The molecule has 0 amide bonds. The summed E-state index contributed by atoms with van der Waals surface area (Å²) < 4.78 is 17.8. The number of rotatable bonds is 4. The number of methoxy groups -OCH3 is 1. The molecule has 1 aromatic rings. The molecule has 0 aliphatic heterocycles. The Hall–Kier alpha value is -2.17. The first-order chi connectivity index (χ1) is 7.54. The van der Waals surface area contributed by atoms with Crippen LogP contribution < -0.4 is 4.74 Å². The third kappa shape index (κ3) is 2.91. The molecule has 1 N–H and O–H groups in total. The summed E-state index contributed by atoms with van der Waals surface area (Å²) in [6, 6.07) is 3.45. The number of carbonyl (C=O) groups is 2. The van der Waals surface area contributed by atoms with E-state index in [1.54, 1.807) is 0 Å². The van der Waals surface area contributed by atoms with Crippen LogP contribution in [0.15, 0.2) is 30.4 Å². The molecule has 0 heterocycles. The smallest absolute Gasteiger partial charge is 0.328 e. The molecule has 1 aromatic carbocycles. The van der Waals surface area contributed by atoms with E-state index in [0.717, 1.165) is 18.2 Å². The lowest BCUT2D eigenvalue weighted by Gasteiger charge is -2.04. The van der Waals surface area contributed by atoms with Crippen molar-refractivity contribution in [2.75, 3.05) is 7.11 Å². The highest BCUT2D eigenvalue weighted by molar-refractivity contribution is 6.08. The second kappa shape index (κ2) is 5.06. The van der Waals surface area contributed by atoms with E-state index in [1.807, 2.05) is 0 Å². The van der Waals surface area contributed by atoms with Gasteiger partial charge >= 0.3 is 5.97 Å². The van der Waals surface area contributed by atoms with Gasteiger partial charge in [0.05, 0.1) is 12.7 Å². The third-order valence-electron chi connectivity index (χ3n) is 1.80. The molecule has 0 aliphatic rings. The van der Waals surface area contributed by atoms with Crippen molar-refractivity contribution in [3.8, 4) is 5.75 Å². The fourth-order valence-corrected chi connectivity index (χ4v) is 1.11. The number of aliphatic carboxylic acids is 1. The maximum Gasteiger partial charge on any atom is 0.328 e. The molecule has 0 bridgehead atoms. The number of carbonyl (C=O) groups excluding carboxylic acids is 1. The Labute approximate surface area is 91.0 Å². The minimum absolute atomic E-state index is 0.0139. The summed E-state index contributed by atoms with van der Waals surface area (Å²) in [6.45, 7) is 0. The van der Waals surface area contributed by atoms with Crippen LogP contribution in [-0.2, 0) is 4.79 Å². The minimum Gasteiger partial charge on any atom is -0.496 e. The van der Waals surface area contributed by atoms with Crippen LogP contribution in [0.25, 0.3) is 0 Å². The number of ketones is 1. The lowest BCUT2D eigenvalue weighted by atomic mass is 10.1. The zero-order chi connectivity index (χ0) is 12.1. The molecular weight excluding hydrogens is 215 g/mol. The largest absolute Gasteiger partial charge is 0.496 e. The Morgan fingerprint density at radius 1 is 1.38 bits per heavy atom. The zero-order valence-corrected chi connectivity index (χ0v) is 8.44. The summed E-state index contributed by atoms with van der Waals surface area (Å²) in [6.07, 6.45) is 1.53. The standard InChI is InChI=1S/C11H9FO4/c1-16-10-4-2-7(12)6-8(10)9(13)3-5-11(14)15/h2-6H,1H3,(H,14,15)/b5-3+. The first kappa shape index (κ1) is 11.9. The average Bonchev–Trinajstić information content (AvgIpc) is 2.25. The minimum atomic E-state index is -1.25. The van der Waals surface area contributed by atoms with E-state index < -0.39 is 17.6 Å². The van der Waals surface area contributed by atoms with E-state index in [4.69, 9.17) is 9.84 Å². The number of carboxylic acids is 1.